The quantitative estimate of drug-likeness (QED) is 0.500. The average Bonchev–Trinajstić information content (AvgIpc) is 2.64. The van der Waals surface area contributed by atoms with Gasteiger partial charge in [0, 0.05) is 0 Å². The first kappa shape index (κ1) is 18.0. The second kappa shape index (κ2) is 7.60. The molecular weight excluding hydrogens is 319 g/mol. The molecule has 0 spiro atoms. The predicted octanol–water partition coefficient (Wildman–Crippen LogP) is 7.31. The summed E-state index contributed by atoms with van der Waals surface area (Å²) in [6.45, 7) is 6.27. The molecule has 2 aliphatic rings. The lowest BCUT2D eigenvalue weighted by atomic mass is 9.55. The maximum Gasteiger partial charge on any atom is 0.142 e. The summed E-state index contributed by atoms with van der Waals surface area (Å²) in [6.07, 6.45) is 13.5. The van der Waals surface area contributed by atoms with Gasteiger partial charge in [-0.1, -0.05) is 43.5 Å². The molecule has 1 aromatic rings. The summed E-state index contributed by atoms with van der Waals surface area (Å²) in [6, 6.07) is 5.56. The molecule has 0 aromatic heterocycles. The molecule has 2 heteroatoms. The maximum absolute atomic E-state index is 14.2. The van der Waals surface area contributed by atoms with Crippen molar-refractivity contribution in [2.24, 2.45) is 17.8 Å². The number of hydrogen-bond donors (Lipinski definition) is 0. The zero-order valence-electron chi connectivity index (χ0n) is 14.9. The molecule has 2 atom stereocenters. The Morgan fingerprint density at radius 2 is 1.96 bits per heavy atom. The van der Waals surface area contributed by atoms with Crippen molar-refractivity contribution in [1.29, 1.82) is 0 Å². The SMILES string of the molecule is C=CC1CCC([C@@H]2CCCC[C@@]2(CC)c2ccc(Cl)c(F)c2)CC1. The highest BCUT2D eigenvalue weighted by molar-refractivity contribution is 6.30. The molecule has 0 heterocycles. The molecule has 24 heavy (non-hydrogen) atoms. The molecule has 1 aromatic carbocycles. The van der Waals surface area contributed by atoms with Gasteiger partial charge in [0.25, 0.3) is 0 Å². The van der Waals surface area contributed by atoms with Crippen molar-refractivity contribution in [3.63, 3.8) is 0 Å². The molecule has 2 aliphatic carbocycles. The Kier molecular flexibility index (Phi) is 5.70. The van der Waals surface area contributed by atoms with Crippen molar-refractivity contribution in [1.82, 2.24) is 0 Å². The van der Waals surface area contributed by atoms with Crippen molar-refractivity contribution in [2.45, 2.75) is 70.1 Å². The van der Waals surface area contributed by atoms with E-state index in [0.717, 1.165) is 12.3 Å². The third-order valence-corrected chi connectivity index (χ3v) is 7.25. The van der Waals surface area contributed by atoms with E-state index >= 15 is 0 Å². The zero-order valence-corrected chi connectivity index (χ0v) is 15.6. The van der Waals surface area contributed by atoms with E-state index in [0.29, 0.717) is 11.8 Å². The highest BCUT2D eigenvalue weighted by Crippen LogP contribution is 2.53. The fourth-order valence-corrected chi connectivity index (χ4v) is 5.66. The second-order valence-electron chi connectivity index (χ2n) is 7.90. The van der Waals surface area contributed by atoms with E-state index in [-0.39, 0.29) is 16.3 Å². The Balaban J connectivity index is 1.90. The van der Waals surface area contributed by atoms with E-state index in [2.05, 4.69) is 25.6 Å². The number of rotatable bonds is 4. The number of halogens is 2. The molecule has 0 unspecified atom stereocenters. The maximum atomic E-state index is 14.2. The molecule has 0 N–H and O–H groups in total. The summed E-state index contributed by atoms with van der Waals surface area (Å²) >= 11 is 5.94. The minimum atomic E-state index is -0.262. The Hall–Kier alpha value is -0.820. The third kappa shape index (κ3) is 3.29. The summed E-state index contributed by atoms with van der Waals surface area (Å²) in [5, 5.41) is 0.240. The molecule has 2 fully saturated rings. The van der Waals surface area contributed by atoms with Crippen LogP contribution in [0.1, 0.15) is 70.3 Å². The van der Waals surface area contributed by atoms with Crippen LogP contribution in [0.25, 0.3) is 0 Å². The van der Waals surface area contributed by atoms with Crippen molar-refractivity contribution in [3.8, 4) is 0 Å². The summed E-state index contributed by atoms with van der Waals surface area (Å²) in [5.41, 5.74) is 1.32. The monoisotopic (exact) mass is 348 g/mol. The van der Waals surface area contributed by atoms with Crippen LogP contribution in [-0.2, 0) is 5.41 Å². The summed E-state index contributed by atoms with van der Waals surface area (Å²) < 4.78 is 14.2. The molecule has 132 valence electrons. The highest BCUT2D eigenvalue weighted by Gasteiger charge is 2.45. The molecule has 0 nitrogen and oxygen atoms in total. The van der Waals surface area contributed by atoms with Gasteiger partial charge in [0.1, 0.15) is 5.82 Å². The largest absolute Gasteiger partial charge is 0.205 e. The first-order valence-electron chi connectivity index (χ1n) is 9.69. The minimum absolute atomic E-state index is 0.134. The first-order chi connectivity index (χ1) is 11.6. The number of hydrogen-bond acceptors (Lipinski definition) is 0. The van der Waals surface area contributed by atoms with Crippen LogP contribution in [0.15, 0.2) is 30.9 Å². The van der Waals surface area contributed by atoms with Crippen LogP contribution >= 0.6 is 11.6 Å². The van der Waals surface area contributed by atoms with Crippen molar-refractivity contribution in [2.75, 3.05) is 0 Å². The standard InChI is InChI=1S/C22H30ClF/c1-3-16-8-10-17(11-9-16)19-7-5-6-14-22(19,4-2)18-12-13-20(23)21(24)15-18/h3,12-13,15-17,19H,1,4-11,14H2,2H3/t16?,17?,19-,22-/m0/s1. The Morgan fingerprint density at radius 3 is 2.58 bits per heavy atom. The van der Waals surface area contributed by atoms with E-state index in [4.69, 9.17) is 11.6 Å². The van der Waals surface area contributed by atoms with Gasteiger partial charge in [-0.3, -0.25) is 0 Å². The summed E-state index contributed by atoms with van der Waals surface area (Å²) in [7, 11) is 0. The van der Waals surface area contributed by atoms with Crippen LogP contribution in [0.4, 0.5) is 4.39 Å². The van der Waals surface area contributed by atoms with Gasteiger partial charge < -0.3 is 0 Å². The summed E-state index contributed by atoms with van der Waals surface area (Å²) in [5.74, 6) is 1.90. The van der Waals surface area contributed by atoms with Crippen molar-refractivity contribution >= 4 is 11.6 Å². The molecule has 2 saturated carbocycles. The zero-order chi connectivity index (χ0) is 17.2. The summed E-state index contributed by atoms with van der Waals surface area (Å²) in [4.78, 5) is 0. The van der Waals surface area contributed by atoms with E-state index in [9.17, 15) is 4.39 Å². The number of allylic oxidation sites excluding steroid dienone is 1. The van der Waals surface area contributed by atoms with Gasteiger partial charge in [0.05, 0.1) is 5.02 Å². The van der Waals surface area contributed by atoms with Crippen LogP contribution in [-0.4, -0.2) is 0 Å². The van der Waals surface area contributed by atoms with E-state index in [1.807, 2.05) is 0 Å². The smallest absolute Gasteiger partial charge is 0.142 e. The van der Waals surface area contributed by atoms with Gasteiger partial charge in [0.2, 0.25) is 0 Å². The average molecular weight is 349 g/mol. The molecule has 0 aliphatic heterocycles. The van der Waals surface area contributed by atoms with Crippen LogP contribution < -0.4 is 0 Å². The fraction of sp³-hybridized carbons (Fsp3) is 0.636. The number of benzene rings is 1. The topological polar surface area (TPSA) is 0 Å². The lowest BCUT2D eigenvalue weighted by molar-refractivity contribution is 0.0842. The van der Waals surface area contributed by atoms with Gasteiger partial charge >= 0.3 is 0 Å². The third-order valence-electron chi connectivity index (χ3n) is 6.94. The molecule has 3 rings (SSSR count). The normalized spacial score (nSPS) is 34.0. The van der Waals surface area contributed by atoms with E-state index in [1.54, 1.807) is 12.1 Å². The van der Waals surface area contributed by atoms with Crippen LogP contribution in [0, 0.1) is 23.6 Å². The Bertz CT molecular complexity index is 573. The van der Waals surface area contributed by atoms with Gasteiger partial charge in [-0.25, -0.2) is 4.39 Å². The van der Waals surface area contributed by atoms with E-state index < -0.39 is 0 Å². The fourth-order valence-electron chi connectivity index (χ4n) is 5.54. The van der Waals surface area contributed by atoms with Crippen LogP contribution in [0.3, 0.4) is 0 Å². The molecular formula is C22H30ClF. The molecule has 0 bridgehead atoms. The van der Waals surface area contributed by atoms with Gasteiger partial charge in [-0.05, 0) is 85.8 Å². The first-order valence-corrected chi connectivity index (χ1v) is 10.1. The van der Waals surface area contributed by atoms with Crippen molar-refractivity contribution < 1.29 is 4.39 Å². The van der Waals surface area contributed by atoms with Crippen LogP contribution in [0.2, 0.25) is 5.02 Å². The van der Waals surface area contributed by atoms with Gasteiger partial charge in [-0.2, -0.15) is 0 Å². The van der Waals surface area contributed by atoms with Gasteiger partial charge in [0.15, 0.2) is 0 Å². The minimum Gasteiger partial charge on any atom is -0.205 e. The molecule has 0 saturated heterocycles. The lowest BCUT2D eigenvalue weighted by Crippen LogP contribution is -2.42. The Labute approximate surface area is 151 Å². The second-order valence-corrected chi connectivity index (χ2v) is 8.31. The molecule has 0 amide bonds. The predicted molar refractivity (Wildman–Crippen MR) is 101 cm³/mol. The van der Waals surface area contributed by atoms with Gasteiger partial charge in [-0.15, -0.1) is 6.58 Å². The lowest BCUT2D eigenvalue weighted by Gasteiger charge is -2.49. The van der Waals surface area contributed by atoms with Crippen LogP contribution in [0.5, 0.6) is 0 Å². The Morgan fingerprint density at radius 1 is 1.21 bits per heavy atom. The highest BCUT2D eigenvalue weighted by atomic mass is 35.5. The molecule has 0 radical (unpaired) electrons. The van der Waals surface area contributed by atoms with Crippen molar-refractivity contribution in [3.05, 3.63) is 47.3 Å². The van der Waals surface area contributed by atoms with E-state index in [1.165, 1.54) is 56.9 Å².